The number of hydrazine groups is 1. The van der Waals surface area contributed by atoms with E-state index in [0.717, 1.165) is 10.5 Å². The van der Waals surface area contributed by atoms with E-state index in [-0.39, 0.29) is 5.91 Å². The Hall–Kier alpha value is -2.99. The lowest BCUT2D eigenvalue weighted by atomic mass is 10.1. The summed E-state index contributed by atoms with van der Waals surface area (Å²) in [7, 11) is 0. The molecule has 0 unspecified atom stereocenters. The maximum Gasteiger partial charge on any atom is 0.273 e. The summed E-state index contributed by atoms with van der Waals surface area (Å²) in [5.74, 6) is -0.226. The minimum atomic E-state index is -0.496. The van der Waals surface area contributed by atoms with Crippen LogP contribution in [0, 0.1) is 6.92 Å². The molecule has 1 atom stereocenters. The van der Waals surface area contributed by atoms with Gasteiger partial charge in [0.1, 0.15) is 11.0 Å². The van der Waals surface area contributed by atoms with Crippen LogP contribution < -0.4 is 10.9 Å². The van der Waals surface area contributed by atoms with Gasteiger partial charge >= 0.3 is 0 Å². The average Bonchev–Trinajstić information content (AvgIpc) is 3.11. The van der Waals surface area contributed by atoms with E-state index >= 15 is 0 Å². The average molecular weight is 366 g/mol. The molecule has 2 aromatic carbocycles. The molecule has 5 nitrogen and oxygen atoms in total. The highest BCUT2D eigenvalue weighted by molar-refractivity contribution is 8.00. The number of hydrogen-bond acceptors (Lipinski definition) is 4. The van der Waals surface area contributed by atoms with Crippen LogP contribution in [-0.4, -0.2) is 11.8 Å². The third-order valence-corrected chi connectivity index (χ3v) is 5.01. The molecule has 0 saturated heterocycles. The van der Waals surface area contributed by atoms with E-state index in [2.05, 4.69) is 10.9 Å². The normalized spacial score (nSPS) is 11.6. The second-order valence-electron chi connectivity index (χ2n) is 5.56. The Morgan fingerprint density at radius 2 is 1.58 bits per heavy atom. The molecule has 132 valence electrons. The first kappa shape index (κ1) is 17.8. The summed E-state index contributed by atoms with van der Waals surface area (Å²) in [5.41, 5.74) is 6.21. The maximum absolute atomic E-state index is 12.7. The van der Waals surface area contributed by atoms with Crippen LogP contribution in [0.4, 0.5) is 0 Å². The number of nitrogens with one attached hydrogen (secondary N) is 2. The fourth-order valence-corrected chi connectivity index (χ4v) is 3.45. The van der Waals surface area contributed by atoms with Gasteiger partial charge in [0.2, 0.25) is 0 Å². The highest BCUT2D eigenvalue weighted by Crippen LogP contribution is 2.35. The minimum absolute atomic E-state index is 0.306. The Kier molecular flexibility index (Phi) is 5.76. The monoisotopic (exact) mass is 366 g/mol. The number of thioether (sulfide) groups is 1. The number of benzene rings is 2. The summed E-state index contributed by atoms with van der Waals surface area (Å²) < 4.78 is 5.11. The van der Waals surface area contributed by atoms with E-state index in [0.29, 0.717) is 11.3 Å². The molecule has 0 aliphatic carbocycles. The van der Waals surface area contributed by atoms with Crippen LogP contribution in [0.2, 0.25) is 0 Å². The van der Waals surface area contributed by atoms with E-state index in [9.17, 15) is 9.59 Å². The molecule has 6 heteroatoms. The van der Waals surface area contributed by atoms with Gasteiger partial charge in [-0.25, -0.2) is 0 Å². The zero-order chi connectivity index (χ0) is 18.4. The first-order valence-electron chi connectivity index (χ1n) is 8.06. The summed E-state index contributed by atoms with van der Waals surface area (Å²) in [6.07, 6.45) is 1.43. The van der Waals surface area contributed by atoms with Crippen molar-refractivity contribution in [3.63, 3.8) is 0 Å². The fraction of sp³-hybridized carbons (Fsp3) is 0.100. The quantitative estimate of drug-likeness (QED) is 0.531. The van der Waals surface area contributed by atoms with Gasteiger partial charge in [-0.2, -0.15) is 0 Å². The number of hydrogen-bond donors (Lipinski definition) is 2. The molecule has 26 heavy (non-hydrogen) atoms. The lowest BCUT2D eigenvalue weighted by Gasteiger charge is -2.17. The van der Waals surface area contributed by atoms with Crippen molar-refractivity contribution in [2.45, 2.75) is 17.1 Å². The molecule has 2 N–H and O–H groups in total. The van der Waals surface area contributed by atoms with Crippen molar-refractivity contribution in [2.24, 2.45) is 0 Å². The van der Waals surface area contributed by atoms with E-state index in [1.54, 1.807) is 13.0 Å². The molecule has 3 rings (SSSR count). The lowest BCUT2D eigenvalue weighted by Crippen LogP contribution is -2.43. The minimum Gasteiger partial charge on any atom is -0.469 e. The van der Waals surface area contributed by atoms with Crippen molar-refractivity contribution in [1.29, 1.82) is 0 Å². The Bertz CT molecular complexity index is 878. The molecule has 1 aromatic heterocycles. The van der Waals surface area contributed by atoms with E-state index < -0.39 is 11.2 Å². The largest absolute Gasteiger partial charge is 0.469 e. The van der Waals surface area contributed by atoms with E-state index in [1.807, 2.05) is 60.7 Å². The van der Waals surface area contributed by atoms with Crippen molar-refractivity contribution in [1.82, 2.24) is 10.9 Å². The predicted molar refractivity (Wildman–Crippen MR) is 101 cm³/mol. The number of amides is 2. The molecule has 0 aliphatic rings. The number of furan rings is 1. The van der Waals surface area contributed by atoms with Crippen LogP contribution in [0.3, 0.4) is 0 Å². The van der Waals surface area contributed by atoms with Crippen molar-refractivity contribution in [3.8, 4) is 0 Å². The Labute approximate surface area is 155 Å². The van der Waals surface area contributed by atoms with Gasteiger partial charge in [-0.1, -0.05) is 48.5 Å². The summed E-state index contributed by atoms with van der Waals surface area (Å²) in [4.78, 5) is 25.9. The van der Waals surface area contributed by atoms with E-state index in [1.165, 1.54) is 18.0 Å². The highest BCUT2D eigenvalue weighted by atomic mass is 32.2. The van der Waals surface area contributed by atoms with Crippen molar-refractivity contribution < 1.29 is 14.0 Å². The molecule has 0 radical (unpaired) electrons. The van der Waals surface area contributed by atoms with Crippen LogP contribution >= 0.6 is 11.8 Å². The first-order chi connectivity index (χ1) is 12.6. The zero-order valence-corrected chi connectivity index (χ0v) is 15.0. The predicted octanol–water partition coefficient (Wildman–Crippen LogP) is 3.88. The third kappa shape index (κ3) is 4.34. The van der Waals surface area contributed by atoms with Gasteiger partial charge in [-0.05, 0) is 30.7 Å². The zero-order valence-electron chi connectivity index (χ0n) is 14.1. The summed E-state index contributed by atoms with van der Waals surface area (Å²) in [6.45, 7) is 1.69. The third-order valence-electron chi connectivity index (χ3n) is 3.74. The molecule has 0 bridgehead atoms. The molecular weight excluding hydrogens is 348 g/mol. The topological polar surface area (TPSA) is 71.3 Å². The Balaban J connectivity index is 1.72. The van der Waals surface area contributed by atoms with Gasteiger partial charge in [0.25, 0.3) is 11.8 Å². The fourth-order valence-electron chi connectivity index (χ4n) is 2.41. The molecule has 0 fully saturated rings. The van der Waals surface area contributed by atoms with Crippen LogP contribution in [0.25, 0.3) is 0 Å². The molecule has 3 aromatic rings. The second-order valence-corrected chi connectivity index (χ2v) is 6.73. The van der Waals surface area contributed by atoms with Gasteiger partial charge < -0.3 is 4.42 Å². The van der Waals surface area contributed by atoms with Crippen LogP contribution in [0.15, 0.2) is 82.3 Å². The van der Waals surface area contributed by atoms with Crippen LogP contribution in [0.1, 0.15) is 26.9 Å². The van der Waals surface area contributed by atoms with Crippen LogP contribution in [0.5, 0.6) is 0 Å². The van der Waals surface area contributed by atoms with Crippen molar-refractivity contribution in [3.05, 3.63) is 89.9 Å². The second kappa shape index (κ2) is 8.40. The smallest absolute Gasteiger partial charge is 0.273 e. The standard InChI is InChI=1S/C20H18N2O3S/c1-14-17(12-13-25-14)19(23)21-22-20(24)18(15-8-4-2-5-9-15)26-16-10-6-3-7-11-16/h2-13,18H,1H3,(H,21,23)(H,22,24)/t18-/m0/s1. The maximum atomic E-state index is 12.7. The molecule has 0 saturated carbocycles. The molecule has 1 heterocycles. The van der Waals surface area contributed by atoms with Gasteiger partial charge in [0, 0.05) is 4.90 Å². The summed E-state index contributed by atoms with van der Waals surface area (Å²) in [6, 6.07) is 20.7. The molecule has 0 aliphatic heterocycles. The highest BCUT2D eigenvalue weighted by Gasteiger charge is 2.23. The lowest BCUT2D eigenvalue weighted by molar-refractivity contribution is -0.121. The Morgan fingerprint density at radius 3 is 2.19 bits per heavy atom. The van der Waals surface area contributed by atoms with Gasteiger partial charge in [0.05, 0.1) is 11.8 Å². The number of carbonyl (C=O) groups excluding carboxylic acids is 2. The van der Waals surface area contributed by atoms with E-state index in [4.69, 9.17) is 4.42 Å². The SMILES string of the molecule is Cc1occc1C(=O)NNC(=O)[C@@H](Sc1ccccc1)c1ccccc1. The molecule has 2 amide bonds. The van der Waals surface area contributed by atoms with Gasteiger partial charge in [-0.15, -0.1) is 11.8 Å². The number of rotatable bonds is 5. The van der Waals surface area contributed by atoms with Crippen molar-refractivity contribution in [2.75, 3.05) is 0 Å². The van der Waals surface area contributed by atoms with Crippen molar-refractivity contribution >= 4 is 23.6 Å². The summed E-state index contributed by atoms with van der Waals surface area (Å²) in [5, 5.41) is -0.496. The van der Waals surface area contributed by atoms with Crippen LogP contribution in [-0.2, 0) is 4.79 Å². The van der Waals surface area contributed by atoms with Gasteiger partial charge in [-0.3, -0.25) is 20.4 Å². The Morgan fingerprint density at radius 1 is 0.923 bits per heavy atom. The molecular formula is C20H18N2O3S. The first-order valence-corrected chi connectivity index (χ1v) is 8.94. The number of carbonyl (C=O) groups is 2. The molecule has 0 spiro atoms. The number of aryl methyl sites for hydroxylation is 1. The summed E-state index contributed by atoms with van der Waals surface area (Å²) >= 11 is 1.42. The van der Waals surface area contributed by atoms with Gasteiger partial charge in [0.15, 0.2) is 0 Å².